The van der Waals surface area contributed by atoms with Crippen LogP contribution < -0.4 is 15.4 Å². The molecular weight excluding hydrogens is 266 g/mol. The average Bonchev–Trinajstić information content (AvgIpc) is 2.48. The molecule has 0 aliphatic rings. The molecule has 0 saturated heterocycles. The average molecular weight is 281 g/mol. The minimum Gasteiger partial charge on any atom is -0.494 e. The second kappa shape index (κ2) is 6.96. The fourth-order valence-corrected chi connectivity index (χ4v) is 1.79. The lowest BCUT2D eigenvalue weighted by atomic mass is 10.2. The molecule has 2 rings (SSSR count). The molecule has 2 amide bonds. The van der Waals surface area contributed by atoms with Crippen LogP contribution in [0, 0.1) is 11.3 Å². The van der Waals surface area contributed by atoms with E-state index in [1.165, 1.54) is 0 Å². The van der Waals surface area contributed by atoms with Crippen LogP contribution in [-0.2, 0) is 0 Å². The van der Waals surface area contributed by atoms with Crippen molar-refractivity contribution in [3.8, 4) is 11.8 Å². The number of benzene rings is 2. The molecule has 0 atom stereocenters. The van der Waals surface area contributed by atoms with Crippen LogP contribution in [0.5, 0.6) is 5.75 Å². The number of anilines is 2. The Bertz CT molecular complexity index is 677. The largest absolute Gasteiger partial charge is 0.494 e. The zero-order chi connectivity index (χ0) is 15.1. The summed E-state index contributed by atoms with van der Waals surface area (Å²) in [5.41, 5.74) is 1.69. The van der Waals surface area contributed by atoms with Gasteiger partial charge in [-0.1, -0.05) is 12.1 Å². The molecule has 0 radical (unpaired) electrons. The fraction of sp³-hybridized carbons (Fsp3) is 0.125. The van der Waals surface area contributed by atoms with E-state index in [4.69, 9.17) is 10.00 Å². The summed E-state index contributed by atoms with van der Waals surface area (Å²) in [4.78, 5) is 11.9. The number of amides is 2. The van der Waals surface area contributed by atoms with Gasteiger partial charge >= 0.3 is 6.03 Å². The van der Waals surface area contributed by atoms with Crippen LogP contribution in [0.2, 0.25) is 0 Å². The SMILES string of the molecule is CCOc1cccc(NC(=O)Nc2cccc(C#N)c2)c1. The van der Waals surface area contributed by atoms with E-state index in [1.807, 2.05) is 19.1 Å². The summed E-state index contributed by atoms with van der Waals surface area (Å²) in [7, 11) is 0. The van der Waals surface area contributed by atoms with Gasteiger partial charge in [0, 0.05) is 17.4 Å². The minimum atomic E-state index is -0.376. The Balaban J connectivity index is 2.01. The molecule has 0 aliphatic carbocycles. The maximum atomic E-state index is 11.9. The Morgan fingerprint density at radius 1 is 1.14 bits per heavy atom. The summed E-state index contributed by atoms with van der Waals surface area (Å²) in [6.07, 6.45) is 0. The maximum Gasteiger partial charge on any atom is 0.323 e. The van der Waals surface area contributed by atoms with Crippen molar-refractivity contribution in [2.75, 3.05) is 17.2 Å². The molecule has 2 aromatic carbocycles. The predicted octanol–water partition coefficient (Wildman–Crippen LogP) is 3.60. The normalized spacial score (nSPS) is 9.52. The highest BCUT2D eigenvalue weighted by Gasteiger charge is 2.04. The molecule has 0 aliphatic heterocycles. The number of nitrogens with zero attached hydrogens (tertiary/aromatic N) is 1. The van der Waals surface area contributed by atoms with Crippen molar-refractivity contribution < 1.29 is 9.53 Å². The van der Waals surface area contributed by atoms with Crippen LogP contribution in [-0.4, -0.2) is 12.6 Å². The summed E-state index contributed by atoms with van der Waals surface area (Å²) >= 11 is 0. The number of hydrogen-bond donors (Lipinski definition) is 2. The molecule has 5 heteroatoms. The van der Waals surface area contributed by atoms with Gasteiger partial charge in [0.05, 0.1) is 18.2 Å². The van der Waals surface area contributed by atoms with Gasteiger partial charge in [0.15, 0.2) is 0 Å². The number of carbonyl (C=O) groups is 1. The third-order valence-electron chi connectivity index (χ3n) is 2.65. The quantitative estimate of drug-likeness (QED) is 0.899. The van der Waals surface area contributed by atoms with Crippen LogP contribution in [0.1, 0.15) is 12.5 Å². The maximum absolute atomic E-state index is 11.9. The monoisotopic (exact) mass is 281 g/mol. The number of urea groups is 1. The zero-order valence-corrected chi connectivity index (χ0v) is 11.6. The summed E-state index contributed by atoms with van der Waals surface area (Å²) in [5.74, 6) is 0.696. The third-order valence-corrected chi connectivity index (χ3v) is 2.65. The number of rotatable bonds is 4. The molecule has 2 aromatic rings. The van der Waals surface area contributed by atoms with Crippen molar-refractivity contribution in [3.63, 3.8) is 0 Å². The summed E-state index contributed by atoms with van der Waals surface area (Å²) in [5, 5.41) is 14.2. The first-order valence-corrected chi connectivity index (χ1v) is 6.52. The molecule has 0 fully saturated rings. The van der Waals surface area contributed by atoms with Crippen molar-refractivity contribution in [1.29, 1.82) is 5.26 Å². The van der Waals surface area contributed by atoms with Gasteiger partial charge in [0.2, 0.25) is 0 Å². The van der Waals surface area contributed by atoms with E-state index in [-0.39, 0.29) is 6.03 Å². The summed E-state index contributed by atoms with van der Waals surface area (Å²) in [6.45, 7) is 2.46. The van der Waals surface area contributed by atoms with Crippen LogP contribution in [0.25, 0.3) is 0 Å². The van der Waals surface area contributed by atoms with Gasteiger partial charge in [-0.05, 0) is 37.3 Å². The number of nitriles is 1. The van der Waals surface area contributed by atoms with E-state index in [0.717, 1.165) is 0 Å². The van der Waals surface area contributed by atoms with Gasteiger partial charge in [-0.15, -0.1) is 0 Å². The van der Waals surface area contributed by atoms with Gasteiger partial charge in [0.1, 0.15) is 5.75 Å². The van der Waals surface area contributed by atoms with Crippen molar-refractivity contribution in [2.24, 2.45) is 0 Å². The lowest BCUT2D eigenvalue weighted by Gasteiger charge is -2.09. The second-order valence-corrected chi connectivity index (χ2v) is 4.23. The minimum absolute atomic E-state index is 0.376. The Hall–Kier alpha value is -3.00. The number of nitrogens with one attached hydrogen (secondary N) is 2. The molecule has 5 nitrogen and oxygen atoms in total. The lowest BCUT2D eigenvalue weighted by Crippen LogP contribution is -2.19. The lowest BCUT2D eigenvalue weighted by molar-refractivity contribution is 0.262. The fourth-order valence-electron chi connectivity index (χ4n) is 1.79. The van der Waals surface area contributed by atoms with Crippen LogP contribution in [0.15, 0.2) is 48.5 Å². The first kappa shape index (κ1) is 14.4. The molecule has 106 valence electrons. The number of hydrogen-bond acceptors (Lipinski definition) is 3. The van der Waals surface area contributed by atoms with Gasteiger partial charge in [0.25, 0.3) is 0 Å². The summed E-state index contributed by atoms with van der Waals surface area (Å²) < 4.78 is 5.37. The van der Waals surface area contributed by atoms with Gasteiger partial charge in [-0.25, -0.2) is 4.79 Å². The second-order valence-electron chi connectivity index (χ2n) is 4.23. The number of carbonyl (C=O) groups excluding carboxylic acids is 1. The van der Waals surface area contributed by atoms with Gasteiger partial charge in [-0.2, -0.15) is 5.26 Å². The molecule has 0 unspecified atom stereocenters. The van der Waals surface area contributed by atoms with Crippen LogP contribution >= 0.6 is 0 Å². The van der Waals surface area contributed by atoms with Gasteiger partial charge < -0.3 is 15.4 Å². The van der Waals surface area contributed by atoms with Crippen LogP contribution in [0.3, 0.4) is 0 Å². The number of ether oxygens (including phenoxy) is 1. The van der Waals surface area contributed by atoms with E-state index in [1.54, 1.807) is 42.5 Å². The standard InChI is InChI=1S/C16H15N3O2/c1-2-21-15-8-4-7-14(10-15)19-16(20)18-13-6-3-5-12(9-13)11-17/h3-10H,2H2,1H3,(H2,18,19,20). The molecule has 2 N–H and O–H groups in total. The predicted molar refractivity (Wildman–Crippen MR) is 81.4 cm³/mol. The molecular formula is C16H15N3O2. The van der Waals surface area contributed by atoms with E-state index in [0.29, 0.717) is 29.3 Å². The Morgan fingerprint density at radius 2 is 1.81 bits per heavy atom. The molecule has 21 heavy (non-hydrogen) atoms. The van der Waals surface area contributed by atoms with Crippen LogP contribution in [0.4, 0.5) is 16.2 Å². The molecule has 0 spiro atoms. The highest BCUT2D eigenvalue weighted by Crippen LogP contribution is 2.18. The molecule has 0 bridgehead atoms. The van der Waals surface area contributed by atoms with E-state index < -0.39 is 0 Å². The van der Waals surface area contributed by atoms with Crippen molar-refractivity contribution in [3.05, 3.63) is 54.1 Å². The Labute approximate surface area is 123 Å². The molecule has 0 heterocycles. The Morgan fingerprint density at radius 3 is 2.48 bits per heavy atom. The first-order valence-electron chi connectivity index (χ1n) is 6.52. The van der Waals surface area contributed by atoms with Gasteiger partial charge in [-0.3, -0.25) is 0 Å². The highest BCUT2D eigenvalue weighted by molar-refractivity contribution is 5.99. The molecule has 0 aromatic heterocycles. The topological polar surface area (TPSA) is 74.2 Å². The highest BCUT2D eigenvalue weighted by atomic mass is 16.5. The smallest absolute Gasteiger partial charge is 0.323 e. The third kappa shape index (κ3) is 4.25. The summed E-state index contributed by atoms with van der Waals surface area (Å²) in [6, 6.07) is 15.5. The Kier molecular flexibility index (Phi) is 4.78. The molecule has 0 saturated carbocycles. The van der Waals surface area contributed by atoms with Crippen molar-refractivity contribution in [1.82, 2.24) is 0 Å². The zero-order valence-electron chi connectivity index (χ0n) is 11.6. The van der Waals surface area contributed by atoms with E-state index in [9.17, 15) is 4.79 Å². The first-order chi connectivity index (χ1) is 10.2. The van der Waals surface area contributed by atoms with Crippen molar-refractivity contribution >= 4 is 17.4 Å². The van der Waals surface area contributed by atoms with Crippen molar-refractivity contribution in [2.45, 2.75) is 6.92 Å². The van der Waals surface area contributed by atoms with E-state index in [2.05, 4.69) is 10.6 Å². The van der Waals surface area contributed by atoms with E-state index >= 15 is 0 Å².